The standard InChI is InChI=1S/C19H18BrN3O4.C13H13BrClN3O2.C6H6O2.Na.H/c1-11-8-12(9-16(25-2)17(11)26-3)22-19-21-10-13(20)18(23-19)27-15-7-5-4-6-14(15)24;1-7-4-8(5-10(19-2)11(7)20-3)17-13-16-6-9(14)12(15)18-13;7-5-3-1-2-4-6(5)8;;/h4-10,24H,1-3H3,(H,21,22,23);4-6H,1-3H3,(H,16,17,18);1-4,7-8H;;/q;;;+1;-1. The van der Waals surface area contributed by atoms with Crippen LogP contribution in [0.5, 0.6) is 51.9 Å². The number of anilines is 4. The minimum Gasteiger partial charge on any atom is -1.00 e. The summed E-state index contributed by atoms with van der Waals surface area (Å²) < 4.78 is 28.2. The Hall–Kier alpha value is -4.71. The number of nitrogens with zero attached hydrogens (tertiary/aromatic N) is 4. The third-order valence-corrected chi connectivity index (χ3v) is 8.85. The van der Waals surface area contributed by atoms with E-state index in [0.717, 1.165) is 22.5 Å². The number of aromatic nitrogens is 4. The first kappa shape index (κ1) is 45.7. The predicted octanol–water partition coefficient (Wildman–Crippen LogP) is 6.98. The van der Waals surface area contributed by atoms with E-state index in [4.69, 9.17) is 45.5 Å². The van der Waals surface area contributed by atoms with Crippen molar-refractivity contribution >= 4 is 66.7 Å². The summed E-state index contributed by atoms with van der Waals surface area (Å²) in [7, 11) is 6.37. The maximum atomic E-state index is 9.88. The molecule has 0 fully saturated rings. The molecule has 18 heteroatoms. The topological polar surface area (TPSA) is 182 Å². The molecule has 2 aromatic heterocycles. The second-order valence-corrected chi connectivity index (χ2v) is 13.1. The number of ether oxygens (including phenoxy) is 5. The number of hydrogen-bond acceptors (Lipinski definition) is 14. The van der Waals surface area contributed by atoms with E-state index >= 15 is 0 Å². The van der Waals surface area contributed by atoms with Gasteiger partial charge in [-0.1, -0.05) is 35.9 Å². The van der Waals surface area contributed by atoms with Gasteiger partial charge in [0.1, 0.15) is 5.15 Å². The van der Waals surface area contributed by atoms with Crippen LogP contribution < -0.4 is 63.9 Å². The molecule has 0 saturated carbocycles. The van der Waals surface area contributed by atoms with Crippen molar-refractivity contribution in [2.24, 2.45) is 0 Å². The molecule has 0 bridgehead atoms. The Morgan fingerprint density at radius 3 is 1.48 bits per heavy atom. The van der Waals surface area contributed by atoms with E-state index in [0.29, 0.717) is 54.7 Å². The van der Waals surface area contributed by atoms with Crippen molar-refractivity contribution in [3.05, 3.63) is 110 Å². The minimum absolute atomic E-state index is 0. The van der Waals surface area contributed by atoms with Crippen LogP contribution in [0, 0.1) is 13.8 Å². The molecule has 14 nitrogen and oxygen atoms in total. The Morgan fingerprint density at radius 2 is 1.05 bits per heavy atom. The van der Waals surface area contributed by atoms with E-state index in [1.807, 2.05) is 32.0 Å². The van der Waals surface area contributed by atoms with Gasteiger partial charge in [-0.15, -0.1) is 0 Å². The van der Waals surface area contributed by atoms with E-state index in [1.54, 1.807) is 77.2 Å². The van der Waals surface area contributed by atoms with E-state index in [2.05, 4.69) is 62.4 Å². The smallest absolute Gasteiger partial charge is 1.00 e. The molecule has 56 heavy (non-hydrogen) atoms. The Bertz CT molecular complexity index is 2230. The minimum atomic E-state index is -0.0764. The fraction of sp³-hybridized carbons (Fsp3) is 0.158. The summed E-state index contributed by atoms with van der Waals surface area (Å²) in [5.41, 5.74) is 3.37. The summed E-state index contributed by atoms with van der Waals surface area (Å²) in [6, 6.07) is 20.2. The van der Waals surface area contributed by atoms with Crippen LogP contribution in [0.1, 0.15) is 12.6 Å². The van der Waals surface area contributed by atoms with Crippen LogP contribution in [0.2, 0.25) is 5.15 Å². The molecule has 0 aliphatic heterocycles. The summed E-state index contributed by atoms with van der Waals surface area (Å²) in [6.45, 7) is 3.85. The van der Waals surface area contributed by atoms with Crippen molar-refractivity contribution in [2.45, 2.75) is 13.8 Å². The zero-order valence-electron chi connectivity index (χ0n) is 32.4. The summed E-state index contributed by atoms with van der Waals surface area (Å²) in [4.78, 5) is 16.9. The maximum Gasteiger partial charge on any atom is 1.00 e. The number of rotatable bonds is 10. The van der Waals surface area contributed by atoms with Gasteiger partial charge >= 0.3 is 29.6 Å². The molecule has 2 heterocycles. The third kappa shape index (κ3) is 12.7. The van der Waals surface area contributed by atoms with Crippen molar-refractivity contribution in [3.8, 4) is 51.9 Å². The van der Waals surface area contributed by atoms with Gasteiger partial charge in [0.2, 0.25) is 17.8 Å². The van der Waals surface area contributed by atoms with Gasteiger partial charge in [-0.25, -0.2) is 9.97 Å². The third-order valence-electron chi connectivity index (χ3n) is 7.21. The SMILES string of the molecule is COc1cc(Nc2ncc(Br)c(Cl)n2)cc(C)c1OC.COc1cc(Nc2ncc(Br)c(Oc3ccccc3O)n2)cc(C)c1OC.Oc1ccccc1O.[H-].[Na+]. The molecule has 6 rings (SSSR count). The van der Waals surface area contributed by atoms with Gasteiger partial charge in [0.05, 0.1) is 43.6 Å². The van der Waals surface area contributed by atoms with Crippen molar-refractivity contribution in [1.29, 1.82) is 0 Å². The summed E-state index contributed by atoms with van der Waals surface area (Å²) in [6.07, 6.45) is 3.16. The number of benzene rings is 4. The summed E-state index contributed by atoms with van der Waals surface area (Å²) in [5, 5.41) is 33.8. The van der Waals surface area contributed by atoms with Crippen molar-refractivity contribution < 1.29 is 70.0 Å². The number of hydrogen-bond donors (Lipinski definition) is 5. The molecule has 0 amide bonds. The molecule has 6 aromatic rings. The van der Waals surface area contributed by atoms with Crippen LogP contribution in [-0.2, 0) is 0 Å². The summed E-state index contributed by atoms with van der Waals surface area (Å²) >= 11 is 12.5. The largest absolute Gasteiger partial charge is 1.00 e. The normalized spacial score (nSPS) is 9.95. The number of phenols is 3. The molecule has 0 spiro atoms. The molecule has 5 N–H and O–H groups in total. The van der Waals surface area contributed by atoms with Gasteiger partial charge in [-0.3, -0.25) is 0 Å². The number of para-hydroxylation sites is 4. The van der Waals surface area contributed by atoms with E-state index < -0.39 is 0 Å². The van der Waals surface area contributed by atoms with Crippen LogP contribution in [0.4, 0.5) is 23.3 Å². The number of nitrogens with one attached hydrogen (secondary N) is 2. The van der Waals surface area contributed by atoms with Crippen molar-refractivity contribution in [1.82, 2.24) is 19.9 Å². The van der Waals surface area contributed by atoms with E-state index in [-0.39, 0.29) is 54.1 Å². The molecule has 290 valence electrons. The monoisotopic (exact) mass is 922 g/mol. The molecule has 0 radical (unpaired) electrons. The second kappa shape index (κ2) is 22.1. The maximum absolute atomic E-state index is 9.88. The molecular formula is C38H38Br2ClN6NaO8. The van der Waals surface area contributed by atoms with Gasteiger partial charge in [-0.05, 0) is 93.2 Å². The second-order valence-electron chi connectivity index (χ2n) is 11.0. The number of halogens is 3. The predicted molar refractivity (Wildman–Crippen MR) is 219 cm³/mol. The van der Waals surface area contributed by atoms with Gasteiger partial charge in [0.25, 0.3) is 0 Å². The Kier molecular flexibility index (Phi) is 18.1. The van der Waals surface area contributed by atoms with Crippen LogP contribution in [0.3, 0.4) is 0 Å². The molecule has 0 saturated heterocycles. The summed E-state index contributed by atoms with van der Waals surface area (Å²) in [5.74, 6) is 3.78. The van der Waals surface area contributed by atoms with Crippen molar-refractivity contribution in [3.63, 3.8) is 0 Å². The average molecular weight is 925 g/mol. The number of aromatic hydroxyl groups is 3. The van der Waals surface area contributed by atoms with Crippen LogP contribution in [0.25, 0.3) is 0 Å². The number of phenolic OH excluding ortho intramolecular Hbond substituents is 3. The molecular weight excluding hydrogens is 887 g/mol. The average Bonchev–Trinajstić information content (AvgIpc) is 3.16. The van der Waals surface area contributed by atoms with Gasteiger partial charge in [-0.2, -0.15) is 9.97 Å². The molecule has 4 aromatic carbocycles. The number of methoxy groups -OCH3 is 4. The Labute approximate surface area is 369 Å². The molecule has 0 aliphatic rings. The molecule has 0 aliphatic carbocycles. The van der Waals surface area contributed by atoms with Crippen LogP contribution in [0.15, 0.2) is 94.1 Å². The molecule has 0 unspecified atom stereocenters. The Balaban J connectivity index is 0.000000328. The quantitative estimate of drug-likeness (QED) is 0.0539. The van der Waals surface area contributed by atoms with Gasteiger partial charge in [0.15, 0.2) is 46.0 Å². The fourth-order valence-corrected chi connectivity index (χ4v) is 5.31. The van der Waals surface area contributed by atoms with Gasteiger partial charge in [0, 0.05) is 29.7 Å². The van der Waals surface area contributed by atoms with Gasteiger partial charge < -0.3 is 51.1 Å². The zero-order chi connectivity index (χ0) is 40.1. The first-order chi connectivity index (χ1) is 26.4. The first-order valence-electron chi connectivity index (χ1n) is 16.0. The van der Waals surface area contributed by atoms with Crippen molar-refractivity contribution in [2.75, 3.05) is 39.1 Å². The van der Waals surface area contributed by atoms with Crippen LogP contribution >= 0.6 is 43.5 Å². The van der Waals surface area contributed by atoms with E-state index in [1.165, 1.54) is 18.2 Å². The molecule has 0 atom stereocenters. The zero-order valence-corrected chi connectivity index (χ0v) is 37.3. The fourth-order valence-electron chi connectivity index (χ4n) is 4.71. The number of aryl methyl sites for hydroxylation is 2. The van der Waals surface area contributed by atoms with Crippen LogP contribution in [-0.4, -0.2) is 63.7 Å². The van der Waals surface area contributed by atoms with E-state index in [9.17, 15) is 5.11 Å². The first-order valence-corrected chi connectivity index (χ1v) is 18.0. The Morgan fingerprint density at radius 1 is 0.607 bits per heavy atom.